The van der Waals surface area contributed by atoms with Crippen molar-refractivity contribution in [2.45, 2.75) is 43.9 Å². The lowest BCUT2D eigenvalue weighted by atomic mass is 10.2. The SMILES string of the molecule is COC1(c2cn(-c3ncn4c3c(=O)n(CC3CCCO3)c3ccccc34)nn2)CC1. The second-order valence-electron chi connectivity index (χ2n) is 8.07. The molecule has 1 aromatic carbocycles. The van der Waals surface area contributed by atoms with Crippen LogP contribution in [-0.2, 0) is 21.6 Å². The van der Waals surface area contributed by atoms with E-state index in [2.05, 4.69) is 15.3 Å². The van der Waals surface area contributed by atoms with Gasteiger partial charge in [-0.25, -0.2) is 4.98 Å². The summed E-state index contributed by atoms with van der Waals surface area (Å²) in [5.74, 6) is 0.470. The van der Waals surface area contributed by atoms with Gasteiger partial charge in [-0.1, -0.05) is 17.3 Å². The molecule has 6 rings (SSSR count). The van der Waals surface area contributed by atoms with Gasteiger partial charge in [0.25, 0.3) is 5.56 Å². The van der Waals surface area contributed by atoms with Crippen LogP contribution in [0.5, 0.6) is 0 Å². The van der Waals surface area contributed by atoms with Gasteiger partial charge in [-0.3, -0.25) is 9.20 Å². The first-order valence-electron chi connectivity index (χ1n) is 10.3. The second-order valence-corrected chi connectivity index (χ2v) is 8.07. The van der Waals surface area contributed by atoms with Crippen molar-refractivity contribution in [1.82, 2.24) is 28.9 Å². The smallest absolute Gasteiger partial charge is 0.279 e. The number of ether oxygens (including phenoxy) is 2. The zero-order valence-corrected chi connectivity index (χ0v) is 16.7. The molecule has 30 heavy (non-hydrogen) atoms. The van der Waals surface area contributed by atoms with Gasteiger partial charge in [0.2, 0.25) is 0 Å². The molecule has 0 bridgehead atoms. The van der Waals surface area contributed by atoms with Gasteiger partial charge in [0.1, 0.15) is 17.6 Å². The zero-order valence-electron chi connectivity index (χ0n) is 16.7. The van der Waals surface area contributed by atoms with Gasteiger partial charge in [0.15, 0.2) is 11.3 Å². The van der Waals surface area contributed by atoms with E-state index in [0.29, 0.717) is 17.9 Å². The molecular weight excluding hydrogens is 384 g/mol. The molecule has 4 heterocycles. The number of para-hydroxylation sites is 2. The normalized spacial score (nSPS) is 20.4. The quantitative estimate of drug-likeness (QED) is 0.504. The topological polar surface area (TPSA) is 88.5 Å². The Morgan fingerprint density at radius 2 is 2.10 bits per heavy atom. The van der Waals surface area contributed by atoms with Crippen molar-refractivity contribution in [1.29, 1.82) is 0 Å². The molecule has 0 spiro atoms. The molecule has 1 aliphatic carbocycles. The fourth-order valence-corrected chi connectivity index (χ4v) is 4.45. The summed E-state index contributed by atoms with van der Waals surface area (Å²) in [6, 6.07) is 7.87. The van der Waals surface area contributed by atoms with Crippen LogP contribution in [0.4, 0.5) is 0 Å². The number of fused-ring (bicyclic) bond motifs is 3. The summed E-state index contributed by atoms with van der Waals surface area (Å²) in [5, 5.41) is 8.55. The lowest BCUT2D eigenvalue weighted by Crippen LogP contribution is -2.28. The van der Waals surface area contributed by atoms with Crippen LogP contribution < -0.4 is 5.56 Å². The minimum Gasteiger partial charge on any atom is -0.376 e. The van der Waals surface area contributed by atoms with Gasteiger partial charge in [-0.2, -0.15) is 4.68 Å². The fraction of sp³-hybridized carbons (Fsp3) is 0.429. The second kappa shape index (κ2) is 6.48. The minimum absolute atomic E-state index is 0.0503. The molecule has 1 aliphatic heterocycles. The monoisotopic (exact) mass is 406 g/mol. The highest BCUT2D eigenvalue weighted by atomic mass is 16.5. The highest BCUT2D eigenvalue weighted by Crippen LogP contribution is 2.47. The van der Waals surface area contributed by atoms with E-state index in [1.54, 1.807) is 22.7 Å². The third kappa shape index (κ3) is 2.55. The van der Waals surface area contributed by atoms with Crippen LogP contribution in [0, 0.1) is 0 Å². The Hall–Kier alpha value is -3.04. The average molecular weight is 406 g/mol. The third-order valence-electron chi connectivity index (χ3n) is 6.31. The Labute approximate surface area is 171 Å². The van der Waals surface area contributed by atoms with E-state index in [1.165, 1.54) is 0 Å². The van der Waals surface area contributed by atoms with E-state index in [4.69, 9.17) is 9.47 Å². The van der Waals surface area contributed by atoms with Crippen LogP contribution in [0.3, 0.4) is 0 Å². The van der Waals surface area contributed by atoms with Crippen LogP contribution in [0.15, 0.2) is 41.6 Å². The molecule has 2 fully saturated rings. The van der Waals surface area contributed by atoms with Gasteiger partial charge in [-0.05, 0) is 37.8 Å². The number of benzene rings is 1. The molecule has 1 atom stereocenters. The van der Waals surface area contributed by atoms with Gasteiger partial charge in [0.05, 0.1) is 29.9 Å². The van der Waals surface area contributed by atoms with Crippen LogP contribution in [0.25, 0.3) is 22.4 Å². The number of hydrogen-bond acceptors (Lipinski definition) is 6. The van der Waals surface area contributed by atoms with Crippen molar-refractivity contribution in [3.8, 4) is 5.82 Å². The van der Waals surface area contributed by atoms with Crippen LogP contribution in [0.1, 0.15) is 31.4 Å². The summed E-state index contributed by atoms with van der Waals surface area (Å²) >= 11 is 0. The number of aromatic nitrogens is 6. The highest BCUT2D eigenvalue weighted by molar-refractivity contribution is 5.80. The Bertz CT molecular complexity index is 1310. The van der Waals surface area contributed by atoms with Crippen LogP contribution in [-0.4, -0.2) is 48.8 Å². The number of methoxy groups -OCH3 is 1. The van der Waals surface area contributed by atoms with E-state index in [1.807, 2.05) is 34.9 Å². The summed E-state index contributed by atoms with van der Waals surface area (Å²) in [5.41, 5.74) is 2.57. The molecule has 3 aromatic heterocycles. The summed E-state index contributed by atoms with van der Waals surface area (Å²) in [7, 11) is 1.69. The molecule has 9 nitrogen and oxygen atoms in total. The Morgan fingerprint density at radius 3 is 2.83 bits per heavy atom. The van der Waals surface area contributed by atoms with Crippen LogP contribution in [0.2, 0.25) is 0 Å². The van der Waals surface area contributed by atoms with Crippen molar-refractivity contribution in [2.75, 3.05) is 13.7 Å². The first-order chi connectivity index (χ1) is 14.7. The molecule has 2 aliphatic rings. The molecule has 0 radical (unpaired) electrons. The summed E-state index contributed by atoms with van der Waals surface area (Å²) in [6.07, 6.45) is 7.38. The van der Waals surface area contributed by atoms with Crippen LogP contribution >= 0.6 is 0 Å². The first-order valence-corrected chi connectivity index (χ1v) is 10.3. The molecule has 154 valence electrons. The lowest BCUT2D eigenvalue weighted by Gasteiger charge is -2.16. The van der Waals surface area contributed by atoms with E-state index >= 15 is 0 Å². The van der Waals surface area contributed by atoms with Crippen molar-refractivity contribution in [3.63, 3.8) is 0 Å². The van der Waals surface area contributed by atoms with E-state index in [9.17, 15) is 4.79 Å². The maximum Gasteiger partial charge on any atom is 0.279 e. The van der Waals surface area contributed by atoms with Crippen molar-refractivity contribution < 1.29 is 9.47 Å². The molecule has 1 unspecified atom stereocenters. The van der Waals surface area contributed by atoms with Crippen molar-refractivity contribution in [3.05, 3.63) is 52.8 Å². The highest BCUT2D eigenvalue weighted by Gasteiger charge is 2.47. The zero-order chi connectivity index (χ0) is 20.3. The third-order valence-corrected chi connectivity index (χ3v) is 6.31. The molecule has 0 N–H and O–H groups in total. The predicted octanol–water partition coefficient (Wildman–Crippen LogP) is 2.04. The minimum atomic E-state index is -0.347. The van der Waals surface area contributed by atoms with E-state index in [0.717, 1.165) is 49.0 Å². The Morgan fingerprint density at radius 1 is 1.27 bits per heavy atom. The average Bonchev–Trinajstić information content (AvgIpc) is 3.17. The van der Waals surface area contributed by atoms with E-state index in [-0.39, 0.29) is 17.3 Å². The Kier molecular flexibility index (Phi) is 3.84. The summed E-state index contributed by atoms with van der Waals surface area (Å²) < 4.78 is 16.6. The predicted molar refractivity (Wildman–Crippen MR) is 109 cm³/mol. The van der Waals surface area contributed by atoms with Gasteiger partial charge >= 0.3 is 0 Å². The molecular formula is C21H22N6O3. The fourth-order valence-electron chi connectivity index (χ4n) is 4.45. The molecule has 1 saturated heterocycles. The molecule has 4 aromatic rings. The van der Waals surface area contributed by atoms with Gasteiger partial charge in [0, 0.05) is 13.7 Å². The maximum absolute atomic E-state index is 13.6. The summed E-state index contributed by atoms with van der Waals surface area (Å²) in [4.78, 5) is 18.1. The summed E-state index contributed by atoms with van der Waals surface area (Å²) in [6.45, 7) is 1.27. The molecule has 1 saturated carbocycles. The largest absolute Gasteiger partial charge is 0.376 e. The number of nitrogens with zero attached hydrogens (tertiary/aromatic N) is 6. The van der Waals surface area contributed by atoms with Gasteiger partial charge in [-0.15, -0.1) is 5.10 Å². The Balaban J connectivity index is 1.55. The standard InChI is InChI=1S/C21H22N6O3/c1-29-21(8-9-21)17-12-27(24-23-17)19-18-20(28)25(11-14-5-4-10-30-14)15-6-2-3-7-16(15)26(18)13-22-19/h2-3,6-7,12-14H,4-5,8-11H2,1H3. The molecule has 9 heteroatoms. The van der Waals surface area contributed by atoms with E-state index < -0.39 is 0 Å². The lowest BCUT2D eigenvalue weighted by molar-refractivity contribution is 0.0751. The number of rotatable bonds is 5. The number of hydrogen-bond donors (Lipinski definition) is 0. The number of imidazole rings is 1. The van der Waals surface area contributed by atoms with Crippen molar-refractivity contribution >= 4 is 16.6 Å². The first kappa shape index (κ1) is 17.8. The molecule has 0 amide bonds. The van der Waals surface area contributed by atoms with Crippen molar-refractivity contribution in [2.24, 2.45) is 0 Å². The maximum atomic E-state index is 13.6. The van der Waals surface area contributed by atoms with Gasteiger partial charge < -0.3 is 14.0 Å².